The smallest absolute Gasteiger partial charge is 0.248 e. The molecule has 7 rings (SSSR count). The van der Waals surface area contributed by atoms with Crippen LogP contribution in [0.2, 0.25) is 0 Å². The van der Waals surface area contributed by atoms with Crippen molar-refractivity contribution in [2.45, 2.75) is 78.6 Å². The average Bonchev–Trinajstić information content (AvgIpc) is 3.36. The van der Waals surface area contributed by atoms with Gasteiger partial charge in [-0.3, -0.25) is 4.57 Å². The zero-order valence-electron chi connectivity index (χ0n) is 22.6. The molecule has 4 aromatic rings. The lowest BCUT2D eigenvalue weighted by molar-refractivity contribution is 0.125. The largest absolute Gasteiger partial charge is 0.297 e. The maximum absolute atomic E-state index is 5.18. The molecule has 2 nitrogen and oxygen atoms in total. The molecule has 35 heavy (non-hydrogen) atoms. The van der Waals surface area contributed by atoms with Crippen LogP contribution in [0, 0.1) is 5.41 Å². The molecule has 0 bridgehead atoms. The number of nitrogens with zero attached hydrogens (tertiary/aromatic N) is 2. The van der Waals surface area contributed by atoms with E-state index in [0.29, 0.717) is 0 Å². The van der Waals surface area contributed by atoms with Crippen molar-refractivity contribution in [3.05, 3.63) is 65.5 Å². The molecule has 2 aliphatic heterocycles. The zero-order chi connectivity index (χ0) is 24.9. The van der Waals surface area contributed by atoms with Crippen LogP contribution in [0.1, 0.15) is 79.3 Å². The van der Waals surface area contributed by atoms with E-state index in [1.165, 1.54) is 49.8 Å². The maximum atomic E-state index is 5.18. The summed E-state index contributed by atoms with van der Waals surface area (Å²) in [6.45, 7) is 21.8. The lowest BCUT2D eigenvalue weighted by Gasteiger charge is -2.44. The highest BCUT2D eigenvalue weighted by Gasteiger charge is 2.57. The fourth-order valence-electron chi connectivity index (χ4n) is 7.47. The number of rotatable bonds is 0. The highest BCUT2D eigenvalue weighted by atomic mass is 15.1. The summed E-state index contributed by atoms with van der Waals surface area (Å²) in [4.78, 5) is 5.18. The summed E-state index contributed by atoms with van der Waals surface area (Å²) in [6, 6.07) is 18.8. The SMILES string of the molecule is CC(C)(C)c1nc2cccc3c2n1-c1cccc2c1B3c1cc3c(cc1-2)C(C)(C)C(C)(C)C3(C)C. The van der Waals surface area contributed by atoms with Crippen molar-refractivity contribution >= 4 is 34.1 Å². The Hall–Kier alpha value is -2.81. The van der Waals surface area contributed by atoms with Crippen molar-refractivity contribution in [1.29, 1.82) is 0 Å². The molecule has 3 heterocycles. The Labute approximate surface area is 209 Å². The Morgan fingerprint density at radius 1 is 0.771 bits per heavy atom. The summed E-state index contributed by atoms with van der Waals surface area (Å²) in [5.74, 6) is 1.15. The molecule has 0 radical (unpaired) electrons. The number of fused-ring (bicyclic) bond motifs is 6. The summed E-state index contributed by atoms with van der Waals surface area (Å²) < 4.78 is 2.47. The minimum Gasteiger partial charge on any atom is -0.297 e. The van der Waals surface area contributed by atoms with E-state index in [2.05, 4.69) is 115 Å². The van der Waals surface area contributed by atoms with Crippen LogP contribution in [0.5, 0.6) is 0 Å². The molecule has 176 valence electrons. The Kier molecular flexibility index (Phi) is 3.64. The Bertz CT molecular complexity index is 1610. The fourth-order valence-corrected chi connectivity index (χ4v) is 7.47. The molecule has 0 unspecified atom stereocenters. The normalized spacial score (nSPS) is 19.6. The quantitative estimate of drug-likeness (QED) is 0.266. The fraction of sp³-hybridized carbons (Fsp3) is 0.406. The molecule has 1 aliphatic carbocycles. The first kappa shape index (κ1) is 21.5. The van der Waals surface area contributed by atoms with Gasteiger partial charge in [0.05, 0.1) is 11.0 Å². The summed E-state index contributed by atoms with van der Waals surface area (Å²) in [5.41, 5.74) is 14.3. The molecule has 3 aromatic carbocycles. The van der Waals surface area contributed by atoms with Gasteiger partial charge >= 0.3 is 0 Å². The first-order valence-electron chi connectivity index (χ1n) is 13.1. The van der Waals surface area contributed by atoms with Gasteiger partial charge in [-0.25, -0.2) is 4.98 Å². The molecule has 0 atom stereocenters. The van der Waals surface area contributed by atoms with Crippen LogP contribution in [-0.2, 0) is 16.2 Å². The molecule has 0 amide bonds. The van der Waals surface area contributed by atoms with E-state index in [-0.39, 0.29) is 28.4 Å². The molecule has 0 saturated heterocycles. The molecule has 0 fully saturated rings. The Balaban J connectivity index is 1.61. The van der Waals surface area contributed by atoms with E-state index >= 15 is 0 Å². The molecule has 0 saturated carbocycles. The van der Waals surface area contributed by atoms with Gasteiger partial charge in [0.15, 0.2) is 0 Å². The molecular weight excluding hydrogens is 423 g/mol. The predicted octanol–water partition coefficient (Wildman–Crippen LogP) is 5.73. The summed E-state index contributed by atoms with van der Waals surface area (Å²) >= 11 is 0. The molecule has 1 aromatic heterocycles. The number of para-hydroxylation sites is 1. The van der Waals surface area contributed by atoms with Gasteiger partial charge < -0.3 is 0 Å². The molecule has 0 spiro atoms. The van der Waals surface area contributed by atoms with E-state index < -0.39 is 0 Å². The van der Waals surface area contributed by atoms with Crippen molar-refractivity contribution in [2.75, 3.05) is 0 Å². The molecule has 3 aliphatic rings. The van der Waals surface area contributed by atoms with Crippen LogP contribution in [0.15, 0.2) is 48.5 Å². The number of hydrogen-bond donors (Lipinski definition) is 0. The van der Waals surface area contributed by atoms with Gasteiger partial charge in [-0.2, -0.15) is 0 Å². The van der Waals surface area contributed by atoms with Crippen molar-refractivity contribution in [2.24, 2.45) is 5.41 Å². The van der Waals surface area contributed by atoms with Crippen LogP contribution in [-0.4, -0.2) is 16.3 Å². The van der Waals surface area contributed by atoms with Gasteiger partial charge in [-0.05, 0) is 61.6 Å². The molecular formula is C32H35BN2. The lowest BCUT2D eigenvalue weighted by Crippen LogP contribution is -2.53. The lowest BCUT2D eigenvalue weighted by atomic mass is 9.37. The minimum absolute atomic E-state index is 0.0435. The van der Waals surface area contributed by atoms with E-state index in [1.54, 1.807) is 0 Å². The third-order valence-corrected chi connectivity index (χ3v) is 10.6. The summed E-state index contributed by atoms with van der Waals surface area (Å²) in [7, 11) is 0. The minimum atomic E-state index is -0.0435. The zero-order valence-corrected chi connectivity index (χ0v) is 22.6. The van der Waals surface area contributed by atoms with Gasteiger partial charge in [0.2, 0.25) is 6.71 Å². The number of benzene rings is 3. The van der Waals surface area contributed by atoms with Crippen molar-refractivity contribution < 1.29 is 0 Å². The topological polar surface area (TPSA) is 17.8 Å². The summed E-state index contributed by atoms with van der Waals surface area (Å²) in [6.07, 6.45) is 0. The first-order valence-corrected chi connectivity index (χ1v) is 13.1. The predicted molar refractivity (Wildman–Crippen MR) is 150 cm³/mol. The first-order chi connectivity index (χ1) is 16.3. The van der Waals surface area contributed by atoms with Crippen LogP contribution in [0.25, 0.3) is 27.8 Å². The monoisotopic (exact) mass is 458 g/mol. The van der Waals surface area contributed by atoms with Crippen molar-refractivity contribution in [3.63, 3.8) is 0 Å². The van der Waals surface area contributed by atoms with Gasteiger partial charge in [0.1, 0.15) is 5.82 Å². The summed E-state index contributed by atoms with van der Waals surface area (Å²) in [5, 5.41) is 0. The van der Waals surface area contributed by atoms with Gasteiger partial charge in [-0.1, -0.05) is 104 Å². The Morgan fingerprint density at radius 3 is 2.11 bits per heavy atom. The van der Waals surface area contributed by atoms with E-state index in [9.17, 15) is 0 Å². The van der Waals surface area contributed by atoms with Crippen LogP contribution >= 0.6 is 0 Å². The standard InChI is InChI=1S/C32H35BN2/c1-29(2,3)28-34-24-14-11-13-22-27(24)35(28)25-15-10-12-18-19-16-20-21(17-23(19)33(22)26(18)25)31(6,7)32(8,9)30(20,4)5/h10-17H,1-9H3. The second-order valence-electron chi connectivity index (χ2n) is 13.8. The highest BCUT2D eigenvalue weighted by molar-refractivity contribution is 7.01. The number of aromatic nitrogens is 2. The van der Waals surface area contributed by atoms with Gasteiger partial charge in [0.25, 0.3) is 0 Å². The molecule has 3 heteroatoms. The van der Waals surface area contributed by atoms with E-state index in [1.807, 2.05) is 0 Å². The van der Waals surface area contributed by atoms with E-state index in [4.69, 9.17) is 4.98 Å². The van der Waals surface area contributed by atoms with Crippen molar-refractivity contribution in [1.82, 2.24) is 9.55 Å². The number of hydrogen-bond acceptors (Lipinski definition) is 1. The molecule has 0 N–H and O–H groups in total. The second kappa shape index (κ2) is 5.94. The van der Waals surface area contributed by atoms with Crippen molar-refractivity contribution in [3.8, 4) is 16.8 Å². The van der Waals surface area contributed by atoms with Gasteiger partial charge in [-0.15, -0.1) is 0 Å². The third-order valence-electron chi connectivity index (χ3n) is 10.6. The number of imidazole rings is 1. The van der Waals surface area contributed by atoms with E-state index in [0.717, 1.165) is 11.3 Å². The Morgan fingerprint density at radius 2 is 1.43 bits per heavy atom. The van der Waals surface area contributed by atoms with Gasteiger partial charge in [0, 0.05) is 11.1 Å². The van der Waals surface area contributed by atoms with Crippen LogP contribution in [0.3, 0.4) is 0 Å². The maximum Gasteiger partial charge on any atom is 0.248 e. The average molecular weight is 458 g/mol. The third kappa shape index (κ3) is 2.23. The van der Waals surface area contributed by atoms with Crippen LogP contribution in [0.4, 0.5) is 0 Å². The van der Waals surface area contributed by atoms with Crippen LogP contribution < -0.4 is 16.4 Å². The highest BCUT2D eigenvalue weighted by Crippen LogP contribution is 2.61. The second-order valence-corrected chi connectivity index (χ2v) is 13.8.